The molecule has 0 saturated heterocycles. The van der Waals surface area contributed by atoms with Crippen molar-refractivity contribution in [2.75, 3.05) is 46.0 Å². The highest BCUT2D eigenvalue weighted by molar-refractivity contribution is 8.02. The Hall–Kier alpha value is -1.61. The molecule has 0 bridgehead atoms. The molecule has 0 fully saturated rings. The van der Waals surface area contributed by atoms with Gasteiger partial charge in [0.1, 0.15) is 13.2 Å². The van der Waals surface area contributed by atoms with Crippen molar-refractivity contribution in [3.05, 3.63) is 11.6 Å². The highest BCUT2D eigenvalue weighted by Gasteiger charge is 2.18. The summed E-state index contributed by atoms with van der Waals surface area (Å²) in [7, 11) is 1.23. The van der Waals surface area contributed by atoms with Crippen LogP contribution >= 0.6 is 11.8 Å². The first-order valence-electron chi connectivity index (χ1n) is 14.8. The molecule has 0 aliphatic carbocycles. The number of nitrogens with zero attached hydrogens (tertiary/aromatic N) is 1. The Morgan fingerprint density at radius 2 is 1.34 bits per heavy atom. The molecule has 9 heteroatoms. The van der Waals surface area contributed by atoms with Gasteiger partial charge in [-0.3, -0.25) is 0 Å². The topological polar surface area (TPSA) is 83.5 Å². The van der Waals surface area contributed by atoms with Gasteiger partial charge in [0.15, 0.2) is 6.10 Å². The van der Waals surface area contributed by atoms with Gasteiger partial charge in [0, 0.05) is 12.8 Å². The van der Waals surface area contributed by atoms with Crippen molar-refractivity contribution < 1.29 is 33.3 Å². The van der Waals surface area contributed by atoms with Gasteiger partial charge in [0.2, 0.25) is 0 Å². The van der Waals surface area contributed by atoms with Gasteiger partial charge in [-0.15, -0.1) is 11.8 Å². The molecule has 0 spiro atoms. The molecule has 0 saturated carbocycles. The monoisotopic (exact) mass is 559 g/mol. The van der Waals surface area contributed by atoms with Crippen LogP contribution in [0.1, 0.15) is 110 Å². The standard InChI is InChI=1S/C29H53NO7S/c1-3-4-5-6-7-8-9-10-11-12-13-14-15-16-17-18-21-34-24-27(37-28(31)33-2)25-36-29(32)35-22-19-30-20-23-38-26-30/h20,23,27H,3-19,21-22,24-26H2,1-2H3. The fourth-order valence-corrected chi connectivity index (χ4v) is 4.92. The van der Waals surface area contributed by atoms with E-state index in [-0.39, 0.29) is 19.8 Å². The molecule has 8 nitrogen and oxygen atoms in total. The summed E-state index contributed by atoms with van der Waals surface area (Å²) >= 11 is 1.68. The van der Waals surface area contributed by atoms with Gasteiger partial charge >= 0.3 is 12.3 Å². The van der Waals surface area contributed by atoms with Crippen LogP contribution in [0, 0.1) is 0 Å². The summed E-state index contributed by atoms with van der Waals surface area (Å²) in [5.74, 6) is 0.851. The van der Waals surface area contributed by atoms with Crippen molar-refractivity contribution in [2.45, 2.75) is 116 Å². The average Bonchev–Trinajstić information content (AvgIpc) is 3.44. The lowest BCUT2D eigenvalue weighted by molar-refractivity contribution is -0.0446. The zero-order valence-electron chi connectivity index (χ0n) is 24.0. The number of hydrogen-bond acceptors (Lipinski definition) is 9. The summed E-state index contributed by atoms with van der Waals surface area (Å²) in [6.07, 6.45) is 20.7. The highest BCUT2D eigenvalue weighted by Crippen LogP contribution is 2.15. The number of unbranched alkanes of at least 4 members (excludes halogenated alkanes) is 15. The fraction of sp³-hybridized carbons (Fsp3) is 0.862. The van der Waals surface area contributed by atoms with Gasteiger partial charge in [-0.25, -0.2) is 9.59 Å². The van der Waals surface area contributed by atoms with Crippen molar-refractivity contribution in [1.82, 2.24) is 4.90 Å². The van der Waals surface area contributed by atoms with E-state index >= 15 is 0 Å². The number of ether oxygens (including phenoxy) is 5. The maximum atomic E-state index is 11.8. The molecule has 1 aliphatic rings. The first-order chi connectivity index (χ1) is 18.7. The lowest BCUT2D eigenvalue weighted by Gasteiger charge is -2.18. The number of thioether (sulfide) groups is 1. The Labute approximate surface area is 235 Å². The molecular formula is C29H53NO7S. The minimum atomic E-state index is -0.837. The van der Waals surface area contributed by atoms with E-state index in [1.807, 2.05) is 16.5 Å². The quantitative estimate of drug-likeness (QED) is 0.0814. The third-order valence-corrected chi connectivity index (χ3v) is 7.26. The van der Waals surface area contributed by atoms with Gasteiger partial charge < -0.3 is 28.6 Å². The largest absolute Gasteiger partial charge is 0.508 e. The summed E-state index contributed by atoms with van der Waals surface area (Å²) in [5, 5.41) is 1.99. The van der Waals surface area contributed by atoms with E-state index in [1.165, 1.54) is 97.0 Å². The van der Waals surface area contributed by atoms with Gasteiger partial charge in [-0.05, 0) is 11.8 Å². The molecule has 1 rings (SSSR count). The molecule has 1 atom stereocenters. The second kappa shape index (κ2) is 25.7. The molecule has 0 aromatic heterocycles. The van der Waals surface area contributed by atoms with E-state index in [4.69, 9.17) is 18.9 Å². The maximum Gasteiger partial charge on any atom is 0.508 e. The molecule has 0 radical (unpaired) electrons. The number of carbonyl (C=O) groups excluding carboxylic acids is 2. The molecule has 222 valence electrons. The van der Waals surface area contributed by atoms with Crippen LogP contribution < -0.4 is 0 Å². The van der Waals surface area contributed by atoms with Gasteiger partial charge in [-0.2, -0.15) is 0 Å². The zero-order chi connectivity index (χ0) is 27.5. The van der Waals surface area contributed by atoms with E-state index < -0.39 is 18.4 Å². The third kappa shape index (κ3) is 21.3. The number of methoxy groups -OCH3 is 1. The van der Waals surface area contributed by atoms with Crippen LogP contribution in [0.3, 0.4) is 0 Å². The maximum absolute atomic E-state index is 11.8. The second-order valence-electron chi connectivity index (χ2n) is 9.87. The Kier molecular flexibility index (Phi) is 23.2. The lowest BCUT2D eigenvalue weighted by atomic mass is 10.0. The SMILES string of the molecule is CCCCCCCCCCCCCCCCCCOCC(COC(=O)OCCN1C=CSC1)OC(=O)OC. The summed E-state index contributed by atoms with van der Waals surface area (Å²) < 4.78 is 25.5. The minimum absolute atomic E-state index is 0.136. The van der Waals surface area contributed by atoms with Crippen LogP contribution in [-0.4, -0.2) is 69.3 Å². The molecule has 1 unspecified atom stereocenters. The van der Waals surface area contributed by atoms with E-state index in [2.05, 4.69) is 11.7 Å². The van der Waals surface area contributed by atoms with Crippen LogP contribution in [0.5, 0.6) is 0 Å². The van der Waals surface area contributed by atoms with E-state index in [0.717, 1.165) is 18.7 Å². The number of rotatable bonds is 25. The smallest absolute Gasteiger partial charge is 0.438 e. The molecule has 0 aromatic rings. The van der Waals surface area contributed by atoms with Gasteiger partial charge in [-0.1, -0.05) is 103 Å². The Morgan fingerprint density at radius 1 is 0.763 bits per heavy atom. The van der Waals surface area contributed by atoms with E-state index in [9.17, 15) is 9.59 Å². The van der Waals surface area contributed by atoms with E-state index in [0.29, 0.717) is 13.2 Å². The molecule has 0 amide bonds. The van der Waals surface area contributed by atoms with Crippen molar-refractivity contribution in [3.8, 4) is 0 Å². The van der Waals surface area contributed by atoms with Crippen molar-refractivity contribution in [3.63, 3.8) is 0 Å². The molecule has 0 N–H and O–H groups in total. The zero-order valence-corrected chi connectivity index (χ0v) is 24.8. The summed E-state index contributed by atoms with van der Waals surface area (Å²) in [4.78, 5) is 25.3. The minimum Gasteiger partial charge on any atom is -0.438 e. The first kappa shape index (κ1) is 34.4. The second-order valence-corrected chi connectivity index (χ2v) is 10.7. The normalized spacial score (nSPS) is 13.5. The van der Waals surface area contributed by atoms with Crippen molar-refractivity contribution in [1.29, 1.82) is 0 Å². The van der Waals surface area contributed by atoms with Crippen molar-refractivity contribution >= 4 is 24.1 Å². The van der Waals surface area contributed by atoms with Crippen LogP contribution in [-0.2, 0) is 23.7 Å². The Balaban J connectivity index is 1.95. The Morgan fingerprint density at radius 3 is 1.87 bits per heavy atom. The number of hydrogen-bond donors (Lipinski definition) is 0. The lowest BCUT2D eigenvalue weighted by Crippen LogP contribution is -2.30. The van der Waals surface area contributed by atoms with Gasteiger partial charge in [0.05, 0.1) is 26.1 Å². The highest BCUT2D eigenvalue weighted by atomic mass is 32.2. The predicted molar refractivity (Wildman–Crippen MR) is 153 cm³/mol. The summed E-state index contributed by atoms with van der Waals surface area (Å²) in [6.45, 7) is 3.66. The van der Waals surface area contributed by atoms with Crippen molar-refractivity contribution in [2.24, 2.45) is 0 Å². The summed E-state index contributed by atoms with van der Waals surface area (Å²) in [5.41, 5.74) is 0. The third-order valence-electron chi connectivity index (χ3n) is 6.47. The van der Waals surface area contributed by atoms with Crippen LogP contribution in [0.2, 0.25) is 0 Å². The fourth-order valence-electron chi connectivity index (χ4n) is 4.17. The molecule has 1 heterocycles. The van der Waals surface area contributed by atoms with Gasteiger partial charge in [0.25, 0.3) is 0 Å². The molecule has 1 aliphatic heterocycles. The average molecular weight is 560 g/mol. The van der Waals surface area contributed by atoms with Crippen LogP contribution in [0.15, 0.2) is 11.6 Å². The molecular weight excluding hydrogens is 506 g/mol. The number of carbonyl (C=O) groups is 2. The first-order valence-corrected chi connectivity index (χ1v) is 15.8. The van der Waals surface area contributed by atoms with Crippen LogP contribution in [0.25, 0.3) is 0 Å². The summed E-state index contributed by atoms with van der Waals surface area (Å²) in [6, 6.07) is 0. The van der Waals surface area contributed by atoms with E-state index in [1.54, 1.807) is 11.8 Å². The molecule has 38 heavy (non-hydrogen) atoms. The predicted octanol–water partition coefficient (Wildman–Crippen LogP) is 8.05. The van der Waals surface area contributed by atoms with Crippen LogP contribution in [0.4, 0.5) is 9.59 Å². The molecule has 0 aromatic carbocycles. The Bertz CT molecular complexity index is 605.